The lowest BCUT2D eigenvalue weighted by atomic mass is 9.92. The van der Waals surface area contributed by atoms with Gasteiger partial charge in [0, 0.05) is 24.8 Å². The number of ether oxygens (including phenoxy) is 1. The van der Waals surface area contributed by atoms with Crippen molar-refractivity contribution >= 4 is 11.8 Å². The fraction of sp³-hybridized carbons (Fsp3) is 0.533. The predicted molar refractivity (Wildman–Crippen MR) is 76.3 cm³/mol. The molecule has 4 nitrogen and oxygen atoms in total. The van der Waals surface area contributed by atoms with E-state index in [0.29, 0.717) is 12.5 Å². The van der Waals surface area contributed by atoms with Crippen LogP contribution in [-0.2, 0) is 4.74 Å². The SMILES string of the molecule is CCC1CC(NC(=O)OC)CN(c2cccc(F)c2)C1. The quantitative estimate of drug-likeness (QED) is 0.925. The van der Waals surface area contributed by atoms with Crippen molar-refractivity contribution in [2.24, 2.45) is 5.92 Å². The average molecular weight is 280 g/mol. The van der Waals surface area contributed by atoms with Crippen molar-refractivity contribution in [1.82, 2.24) is 5.32 Å². The summed E-state index contributed by atoms with van der Waals surface area (Å²) in [5.74, 6) is 0.243. The van der Waals surface area contributed by atoms with Gasteiger partial charge in [-0.1, -0.05) is 19.4 Å². The first-order chi connectivity index (χ1) is 9.62. The number of nitrogens with one attached hydrogen (secondary N) is 1. The third kappa shape index (κ3) is 3.62. The van der Waals surface area contributed by atoms with Gasteiger partial charge in [-0.2, -0.15) is 0 Å². The fourth-order valence-electron chi connectivity index (χ4n) is 2.71. The number of hydrogen-bond acceptors (Lipinski definition) is 3. The lowest BCUT2D eigenvalue weighted by Gasteiger charge is -2.39. The van der Waals surface area contributed by atoms with Gasteiger partial charge < -0.3 is 15.0 Å². The first-order valence-electron chi connectivity index (χ1n) is 6.97. The third-order valence-electron chi connectivity index (χ3n) is 3.80. The Hall–Kier alpha value is -1.78. The number of halogens is 1. The Bertz CT molecular complexity index is 467. The molecule has 1 fully saturated rings. The minimum Gasteiger partial charge on any atom is -0.453 e. The van der Waals surface area contributed by atoms with E-state index in [1.165, 1.54) is 19.2 Å². The lowest BCUT2D eigenvalue weighted by Crippen LogP contribution is -2.51. The monoisotopic (exact) mass is 280 g/mol. The van der Waals surface area contributed by atoms with Gasteiger partial charge in [-0.15, -0.1) is 0 Å². The van der Waals surface area contributed by atoms with E-state index in [0.717, 1.165) is 25.1 Å². The van der Waals surface area contributed by atoms with Crippen LogP contribution in [0.1, 0.15) is 19.8 Å². The van der Waals surface area contributed by atoms with Gasteiger partial charge in [0.15, 0.2) is 0 Å². The van der Waals surface area contributed by atoms with Gasteiger partial charge in [0.05, 0.1) is 7.11 Å². The van der Waals surface area contributed by atoms with Crippen molar-refractivity contribution in [2.45, 2.75) is 25.8 Å². The van der Waals surface area contributed by atoms with E-state index in [-0.39, 0.29) is 11.9 Å². The molecule has 0 aliphatic carbocycles. The summed E-state index contributed by atoms with van der Waals surface area (Å²) in [5.41, 5.74) is 0.861. The predicted octanol–water partition coefficient (Wildman–Crippen LogP) is 2.79. The second kappa shape index (κ2) is 6.59. The maximum atomic E-state index is 13.3. The molecule has 0 radical (unpaired) electrons. The standard InChI is InChI=1S/C15H21FN2O2/c1-3-11-7-13(17-15(19)20-2)10-18(9-11)14-6-4-5-12(16)8-14/h4-6,8,11,13H,3,7,9-10H2,1-2H3,(H,17,19). The molecule has 1 aromatic rings. The van der Waals surface area contributed by atoms with Gasteiger partial charge >= 0.3 is 6.09 Å². The number of alkyl carbamates (subject to hydrolysis) is 1. The number of piperidine rings is 1. The van der Waals surface area contributed by atoms with Crippen LogP contribution in [0.5, 0.6) is 0 Å². The largest absolute Gasteiger partial charge is 0.453 e. The van der Waals surface area contributed by atoms with Crippen molar-refractivity contribution in [3.05, 3.63) is 30.1 Å². The summed E-state index contributed by atoms with van der Waals surface area (Å²) in [4.78, 5) is 13.5. The molecule has 0 bridgehead atoms. The topological polar surface area (TPSA) is 41.6 Å². The van der Waals surface area contributed by atoms with Crippen LogP contribution < -0.4 is 10.2 Å². The Balaban J connectivity index is 2.10. The minimum absolute atomic E-state index is 0.0319. The molecule has 20 heavy (non-hydrogen) atoms. The fourth-order valence-corrected chi connectivity index (χ4v) is 2.71. The summed E-state index contributed by atoms with van der Waals surface area (Å²) in [7, 11) is 1.36. The summed E-state index contributed by atoms with van der Waals surface area (Å²) in [6.45, 7) is 3.70. The van der Waals surface area contributed by atoms with Crippen LogP contribution in [0, 0.1) is 11.7 Å². The van der Waals surface area contributed by atoms with Crippen molar-refractivity contribution in [3.63, 3.8) is 0 Å². The van der Waals surface area contributed by atoms with E-state index in [4.69, 9.17) is 0 Å². The molecule has 2 atom stereocenters. The molecule has 110 valence electrons. The molecule has 0 saturated carbocycles. The van der Waals surface area contributed by atoms with E-state index < -0.39 is 6.09 Å². The highest BCUT2D eigenvalue weighted by Gasteiger charge is 2.27. The number of hydrogen-bond donors (Lipinski definition) is 1. The zero-order chi connectivity index (χ0) is 14.5. The Morgan fingerprint density at radius 1 is 1.50 bits per heavy atom. The molecule has 2 rings (SSSR count). The summed E-state index contributed by atoms with van der Waals surface area (Å²) in [6, 6.07) is 6.62. The minimum atomic E-state index is -0.411. The van der Waals surface area contributed by atoms with Crippen LogP contribution in [0.3, 0.4) is 0 Å². The van der Waals surface area contributed by atoms with Crippen molar-refractivity contribution in [1.29, 1.82) is 0 Å². The van der Waals surface area contributed by atoms with Crippen molar-refractivity contribution in [3.8, 4) is 0 Å². The van der Waals surface area contributed by atoms with Crippen LogP contribution in [-0.4, -0.2) is 32.3 Å². The molecule has 1 amide bonds. The Morgan fingerprint density at radius 3 is 2.95 bits per heavy atom. The number of carbonyl (C=O) groups excluding carboxylic acids is 1. The smallest absolute Gasteiger partial charge is 0.407 e. The van der Waals surface area contributed by atoms with E-state index in [1.54, 1.807) is 6.07 Å². The molecular weight excluding hydrogens is 259 g/mol. The van der Waals surface area contributed by atoms with Crippen molar-refractivity contribution < 1.29 is 13.9 Å². The van der Waals surface area contributed by atoms with Gasteiger partial charge in [-0.3, -0.25) is 0 Å². The third-order valence-corrected chi connectivity index (χ3v) is 3.80. The van der Waals surface area contributed by atoms with Crippen molar-refractivity contribution in [2.75, 3.05) is 25.1 Å². The molecule has 0 aromatic heterocycles. The molecule has 1 heterocycles. The van der Waals surface area contributed by atoms with Gasteiger partial charge in [0.25, 0.3) is 0 Å². The Labute approximate surface area is 118 Å². The summed E-state index contributed by atoms with van der Waals surface area (Å²) in [5, 5.41) is 2.85. The van der Waals surface area contributed by atoms with Crippen LogP contribution in [0.25, 0.3) is 0 Å². The molecule has 1 aliphatic rings. The maximum absolute atomic E-state index is 13.3. The Morgan fingerprint density at radius 2 is 2.30 bits per heavy atom. The highest BCUT2D eigenvalue weighted by Crippen LogP contribution is 2.25. The van der Waals surface area contributed by atoms with Gasteiger partial charge in [0.1, 0.15) is 5.82 Å². The number of benzene rings is 1. The summed E-state index contributed by atoms with van der Waals surface area (Å²) in [6.07, 6.45) is 1.55. The van der Waals surface area contributed by atoms with E-state index in [2.05, 4.69) is 21.9 Å². The first kappa shape index (κ1) is 14.6. The molecule has 5 heteroatoms. The summed E-state index contributed by atoms with van der Waals surface area (Å²) >= 11 is 0. The summed E-state index contributed by atoms with van der Waals surface area (Å²) < 4.78 is 18.0. The maximum Gasteiger partial charge on any atom is 0.407 e. The number of carbonyl (C=O) groups is 1. The Kier molecular flexibility index (Phi) is 4.82. The molecule has 0 spiro atoms. The van der Waals surface area contributed by atoms with E-state index in [9.17, 15) is 9.18 Å². The highest BCUT2D eigenvalue weighted by molar-refractivity contribution is 5.67. The lowest BCUT2D eigenvalue weighted by molar-refractivity contribution is 0.162. The van der Waals surface area contributed by atoms with E-state index in [1.807, 2.05) is 6.07 Å². The number of rotatable bonds is 3. The number of amides is 1. The van der Waals surface area contributed by atoms with Crippen LogP contribution in [0.15, 0.2) is 24.3 Å². The van der Waals surface area contributed by atoms with E-state index >= 15 is 0 Å². The first-order valence-corrected chi connectivity index (χ1v) is 6.97. The molecule has 1 aliphatic heterocycles. The van der Waals surface area contributed by atoms with Gasteiger partial charge in [-0.25, -0.2) is 9.18 Å². The van der Waals surface area contributed by atoms with Gasteiger partial charge in [0.2, 0.25) is 0 Å². The van der Waals surface area contributed by atoms with Crippen LogP contribution in [0.2, 0.25) is 0 Å². The number of methoxy groups -OCH3 is 1. The molecule has 1 aromatic carbocycles. The van der Waals surface area contributed by atoms with Gasteiger partial charge in [-0.05, 0) is 30.5 Å². The average Bonchev–Trinajstić information content (AvgIpc) is 2.46. The van der Waals surface area contributed by atoms with Crippen LogP contribution >= 0.6 is 0 Å². The zero-order valence-corrected chi connectivity index (χ0v) is 11.9. The zero-order valence-electron chi connectivity index (χ0n) is 11.9. The normalized spacial score (nSPS) is 22.4. The molecule has 2 unspecified atom stereocenters. The number of nitrogens with zero attached hydrogens (tertiary/aromatic N) is 1. The second-order valence-corrected chi connectivity index (χ2v) is 5.23. The molecule has 1 N–H and O–H groups in total. The molecule has 1 saturated heterocycles. The highest BCUT2D eigenvalue weighted by atomic mass is 19.1. The number of anilines is 1. The second-order valence-electron chi connectivity index (χ2n) is 5.23. The molecular formula is C15H21FN2O2. The van der Waals surface area contributed by atoms with Crippen LogP contribution in [0.4, 0.5) is 14.9 Å².